The van der Waals surface area contributed by atoms with Gasteiger partial charge in [-0.25, -0.2) is 0 Å². The maximum Gasteiger partial charge on any atom is 0.0674 e. The number of hydrogen-bond acceptors (Lipinski definition) is 3. The van der Waals surface area contributed by atoms with E-state index in [1.165, 1.54) is 32.2 Å². The van der Waals surface area contributed by atoms with Gasteiger partial charge in [-0.05, 0) is 44.6 Å². The van der Waals surface area contributed by atoms with E-state index in [0.29, 0.717) is 12.1 Å². The Balaban J connectivity index is 1.90. The van der Waals surface area contributed by atoms with E-state index >= 15 is 0 Å². The van der Waals surface area contributed by atoms with Crippen LogP contribution in [0.5, 0.6) is 0 Å². The van der Waals surface area contributed by atoms with E-state index in [0.717, 1.165) is 31.5 Å². The summed E-state index contributed by atoms with van der Waals surface area (Å²) in [5.74, 6) is 1.60. The Morgan fingerprint density at radius 2 is 2.06 bits per heavy atom. The molecule has 100 valence electrons. The molecule has 1 aliphatic heterocycles. The van der Waals surface area contributed by atoms with Crippen LogP contribution >= 0.6 is 0 Å². The number of nitrogens with two attached hydrogens (primary N) is 1. The average molecular weight is 240 g/mol. The van der Waals surface area contributed by atoms with E-state index in [1.54, 1.807) is 0 Å². The number of nitrogens with zero attached hydrogens (tertiary/aromatic N) is 1. The molecule has 17 heavy (non-hydrogen) atoms. The molecule has 2 fully saturated rings. The van der Waals surface area contributed by atoms with Gasteiger partial charge in [-0.3, -0.25) is 4.90 Å². The van der Waals surface area contributed by atoms with E-state index in [-0.39, 0.29) is 0 Å². The molecule has 1 heterocycles. The highest BCUT2D eigenvalue weighted by Gasteiger charge is 2.32. The van der Waals surface area contributed by atoms with Crippen LogP contribution < -0.4 is 5.73 Å². The molecule has 0 aromatic rings. The molecule has 2 aliphatic rings. The summed E-state index contributed by atoms with van der Waals surface area (Å²) in [6.45, 7) is 8.60. The number of morpholine rings is 1. The molecule has 2 rings (SSSR count). The molecule has 4 unspecified atom stereocenters. The fraction of sp³-hybridized carbons (Fsp3) is 1.00. The van der Waals surface area contributed by atoms with Gasteiger partial charge >= 0.3 is 0 Å². The molecule has 0 aromatic heterocycles. The summed E-state index contributed by atoms with van der Waals surface area (Å²) in [4.78, 5) is 2.66. The molecule has 0 spiro atoms. The fourth-order valence-corrected chi connectivity index (χ4v) is 3.48. The molecule has 1 aliphatic carbocycles. The Bertz CT molecular complexity index is 234. The van der Waals surface area contributed by atoms with Gasteiger partial charge in [0, 0.05) is 19.1 Å². The number of rotatable bonds is 4. The van der Waals surface area contributed by atoms with Crippen molar-refractivity contribution in [3.8, 4) is 0 Å². The normalized spacial score (nSPS) is 39.7. The minimum absolute atomic E-state index is 0.399. The van der Waals surface area contributed by atoms with Gasteiger partial charge < -0.3 is 10.5 Å². The van der Waals surface area contributed by atoms with Crippen molar-refractivity contribution in [3.05, 3.63) is 0 Å². The van der Waals surface area contributed by atoms with E-state index in [9.17, 15) is 0 Å². The van der Waals surface area contributed by atoms with Crippen molar-refractivity contribution in [2.24, 2.45) is 17.6 Å². The van der Waals surface area contributed by atoms with Crippen LogP contribution in [0.1, 0.15) is 39.5 Å². The second kappa shape index (κ2) is 6.17. The van der Waals surface area contributed by atoms with Crippen molar-refractivity contribution in [2.45, 2.75) is 51.7 Å². The third-order valence-electron chi connectivity index (χ3n) is 4.64. The SMILES string of the molecule is CCC1COC(C)CN1CC1CCCC1CN. The molecule has 0 bridgehead atoms. The summed E-state index contributed by atoms with van der Waals surface area (Å²) in [6, 6.07) is 0.630. The van der Waals surface area contributed by atoms with E-state index in [1.807, 2.05) is 0 Å². The number of ether oxygens (including phenoxy) is 1. The quantitative estimate of drug-likeness (QED) is 0.815. The van der Waals surface area contributed by atoms with Crippen molar-refractivity contribution in [1.82, 2.24) is 4.90 Å². The third-order valence-corrected chi connectivity index (χ3v) is 4.64. The monoisotopic (exact) mass is 240 g/mol. The maximum absolute atomic E-state index is 5.88. The molecule has 0 aromatic carbocycles. The van der Waals surface area contributed by atoms with Gasteiger partial charge in [-0.2, -0.15) is 0 Å². The highest BCUT2D eigenvalue weighted by atomic mass is 16.5. The Morgan fingerprint density at radius 1 is 1.29 bits per heavy atom. The van der Waals surface area contributed by atoms with Crippen LogP contribution in [0.15, 0.2) is 0 Å². The van der Waals surface area contributed by atoms with Gasteiger partial charge in [0.1, 0.15) is 0 Å². The lowest BCUT2D eigenvalue weighted by Crippen LogP contribution is -2.50. The summed E-state index contributed by atoms with van der Waals surface area (Å²) < 4.78 is 5.76. The van der Waals surface area contributed by atoms with Crippen LogP contribution in [0.25, 0.3) is 0 Å². The summed E-state index contributed by atoms with van der Waals surface area (Å²) in [7, 11) is 0. The summed E-state index contributed by atoms with van der Waals surface area (Å²) >= 11 is 0. The van der Waals surface area contributed by atoms with Crippen LogP contribution in [0.3, 0.4) is 0 Å². The Morgan fingerprint density at radius 3 is 2.76 bits per heavy atom. The van der Waals surface area contributed by atoms with Crippen molar-refractivity contribution < 1.29 is 4.74 Å². The Hall–Kier alpha value is -0.120. The van der Waals surface area contributed by atoms with E-state index in [2.05, 4.69) is 18.7 Å². The van der Waals surface area contributed by atoms with Crippen molar-refractivity contribution in [3.63, 3.8) is 0 Å². The van der Waals surface area contributed by atoms with E-state index < -0.39 is 0 Å². The van der Waals surface area contributed by atoms with Crippen molar-refractivity contribution >= 4 is 0 Å². The lowest BCUT2D eigenvalue weighted by atomic mass is 9.94. The predicted molar refractivity (Wildman–Crippen MR) is 71.0 cm³/mol. The summed E-state index contributed by atoms with van der Waals surface area (Å²) in [6.07, 6.45) is 5.70. The van der Waals surface area contributed by atoms with Crippen LogP contribution in [0.2, 0.25) is 0 Å². The lowest BCUT2D eigenvalue weighted by molar-refractivity contribution is -0.0620. The van der Waals surface area contributed by atoms with Gasteiger partial charge in [-0.15, -0.1) is 0 Å². The average Bonchev–Trinajstić information content (AvgIpc) is 2.77. The summed E-state index contributed by atoms with van der Waals surface area (Å²) in [5.41, 5.74) is 5.88. The first-order chi connectivity index (χ1) is 8.24. The largest absolute Gasteiger partial charge is 0.376 e. The van der Waals surface area contributed by atoms with Crippen molar-refractivity contribution in [1.29, 1.82) is 0 Å². The second-order valence-electron chi connectivity index (χ2n) is 5.85. The molecule has 3 nitrogen and oxygen atoms in total. The minimum Gasteiger partial charge on any atom is -0.376 e. The number of hydrogen-bond donors (Lipinski definition) is 1. The first-order valence-electron chi connectivity index (χ1n) is 7.30. The zero-order valence-electron chi connectivity index (χ0n) is 11.4. The molecule has 1 saturated heterocycles. The van der Waals surface area contributed by atoms with Gasteiger partial charge in [-0.1, -0.05) is 13.3 Å². The summed E-state index contributed by atoms with van der Waals surface area (Å²) in [5, 5.41) is 0. The molecule has 0 radical (unpaired) electrons. The standard InChI is InChI=1S/C14H28N2O/c1-3-14-10-17-11(2)8-16(14)9-13-6-4-5-12(13)7-15/h11-14H,3-10,15H2,1-2H3. The maximum atomic E-state index is 5.88. The van der Waals surface area contributed by atoms with Gasteiger partial charge in [0.25, 0.3) is 0 Å². The molecule has 2 N–H and O–H groups in total. The molecule has 3 heteroatoms. The van der Waals surface area contributed by atoms with Crippen LogP contribution in [-0.4, -0.2) is 43.3 Å². The van der Waals surface area contributed by atoms with Crippen LogP contribution in [0.4, 0.5) is 0 Å². The Labute approximate surface area is 106 Å². The molecule has 4 atom stereocenters. The predicted octanol–water partition coefficient (Wildman–Crippen LogP) is 1.86. The third kappa shape index (κ3) is 3.21. The highest BCUT2D eigenvalue weighted by molar-refractivity contribution is 4.85. The second-order valence-corrected chi connectivity index (χ2v) is 5.85. The zero-order chi connectivity index (χ0) is 12.3. The van der Waals surface area contributed by atoms with Crippen LogP contribution in [0, 0.1) is 11.8 Å². The van der Waals surface area contributed by atoms with Gasteiger partial charge in [0.15, 0.2) is 0 Å². The Kier molecular flexibility index (Phi) is 4.83. The smallest absolute Gasteiger partial charge is 0.0674 e. The first kappa shape index (κ1) is 13.3. The lowest BCUT2D eigenvalue weighted by Gasteiger charge is -2.40. The van der Waals surface area contributed by atoms with Gasteiger partial charge in [0.05, 0.1) is 12.7 Å². The van der Waals surface area contributed by atoms with E-state index in [4.69, 9.17) is 10.5 Å². The van der Waals surface area contributed by atoms with Crippen molar-refractivity contribution in [2.75, 3.05) is 26.2 Å². The van der Waals surface area contributed by atoms with Gasteiger partial charge in [0.2, 0.25) is 0 Å². The fourth-order valence-electron chi connectivity index (χ4n) is 3.48. The molecule has 1 saturated carbocycles. The highest BCUT2D eigenvalue weighted by Crippen LogP contribution is 2.32. The molecular weight excluding hydrogens is 212 g/mol. The molecule has 0 amide bonds. The zero-order valence-corrected chi connectivity index (χ0v) is 11.4. The topological polar surface area (TPSA) is 38.5 Å². The van der Waals surface area contributed by atoms with Crippen LogP contribution in [-0.2, 0) is 4.74 Å². The first-order valence-corrected chi connectivity index (χ1v) is 7.30. The molecular formula is C14H28N2O. The minimum atomic E-state index is 0.399.